The Labute approximate surface area is 172 Å². The van der Waals surface area contributed by atoms with Crippen molar-refractivity contribution in [2.24, 2.45) is 0 Å². The monoisotopic (exact) mass is 404 g/mol. The molecule has 6 heteroatoms. The van der Waals surface area contributed by atoms with Crippen molar-refractivity contribution in [3.8, 4) is 17.2 Å². The highest BCUT2D eigenvalue weighted by atomic mass is 19.1. The van der Waals surface area contributed by atoms with E-state index in [9.17, 15) is 23.9 Å². The van der Waals surface area contributed by atoms with Crippen molar-refractivity contribution in [2.45, 2.75) is 18.0 Å². The summed E-state index contributed by atoms with van der Waals surface area (Å²) in [6, 6.07) is 19.2. The van der Waals surface area contributed by atoms with Crippen LogP contribution in [0.2, 0.25) is 0 Å². The molecule has 1 aliphatic heterocycles. The van der Waals surface area contributed by atoms with Gasteiger partial charge in [0.15, 0.2) is 0 Å². The van der Waals surface area contributed by atoms with Gasteiger partial charge in [0.2, 0.25) is 0 Å². The summed E-state index contributed by atoms with van der Waals surface area (Å²) in [5.41, 5.74) is 1.78. The Bertz CT molecular complexity index is 1140. The third-order valence-electron chi connectivity index (χ3n) is 5.52. The highest BCUT2D eigenvalue weighted by molar-refractivity contribution is 5.96. The first-order valence-electron chi connectivity index (χ1n) is 9.49. The number of carbonyl (C=O) groups excluding carboxylic acids is 1. The molecule has 30 heavy (non-hydrogen) atoms. The number of aliphatic hydroxyl groups excluding tert-OH is 1. The molecule has 0 spiro atoms. The second-order valence-corrected chi connectivity index (χ2v) is 7.14. The van der Waals surface area contributed by atoms with Crippen LogP contribution >= 0.6 is 0 Å². The lowest BCUT2D eigenvalue weighted by Gasteiger charge is -2.52. The van der Waals surface area contributed by atoms with Crippen LogP contribution in [-0.4, -0.2) is 34.6 Å². The van der Waals surface area contributed by atoms with Crippen molar-refractivity contribution < 1.29 is 18.7 Å². The van der Waals surface area contributed by atoms with Crippen molar-refractivity contribution in [1.29, 1.82) is 5.26 Å². The predicted octanol–water partition coefficient (Wildman–Crippen LogP) is 4.12. The molecule has 1 saturated heterocycles. The highest BCUT2D eigenvalue weighted by Gasteiger charge is 2.52. The number of hydrogen-bond acceptors (Lipinski definition) is 3. The normalized spacial score (nSPS) is 20.3. The van der Waals surface area contributed by atoms with Gasteiger partial charge in [0, 0.05) is 17.0 Å². The summed E-state index contributed by atoms with van der Waals surface area (Å²) < 4.78 is 28.0. The fraction of sp³-hybridized carbons (Fsp3) is 0.167. The van der Waals surface area contributed by atoms with E-state index in [0.717, 1.165) is 6.07 Å². The number of likely N-dealkylation sites (tertiary alicyclic amines) is 1. The van der Waals surface area contributed by atoms with E-state index in [4.69, 9.17) is 0 Å². The fourth-order valence-electron chi connectivity index (χ4n) is 4.14. The molecule has 3 aromatic rings. The predicted molar refractivity (Wildman–Crippen MR) is 107 cm³/mol. The number of rotatable bonds is 4. The molecule has 0 radical (unpaired) electrons. The molecular weight excluding hydrogens is 386 g/mol. The van der Waals surface area contributed by atoms with Gasteiger partial charge in [0.05, 0.1) is 18.7 Å². The molecule has 0 unspecified atom stereocenters. The molecule has 1 heterocycles. The van der Waals surface area contributed by atoms with Crippen molar-refractivity contribution >= 4 is 5.91 Å². The van der Waals surface area contributed by atoms with Crippen LogP contribution in [0.5, 0.6) is 0 Å². The standard InChI is InChI=1S/C24H18F2N2O2/c25-16-7-5-6-15(12-16)24(30)28-21(13-27)23(22(28)14-29)19-10-2-1-8-17(19)18-9-3-4-11-20(18)26/h1-12,21-23,29H,14H2/t21-,22-,23+/m1/s1. The first-order chi connectivity index (χ1) is 14.6. The second-order valence-electron chi connectivity index (χ2n) is 7.14. The summed E-state index contributed by atoms with van der Waals surface area (Å²) in [6.45, 7) is -0.379. The number of aliphatic hydroxyl groups is 1. The maximum atomic E-state index is 14.4. The van der Waals surface area contributed by atoms with Crippen molar-refractivity contribution in [1.82, 2.24) is 4.90 Å². The van der Waals surface area contributed by atoms with Gasteiger partial charge in [-0.2, -0.15) is 5.26 Å². The summed E-state index contributed by atoms with van der Waals surface area (Å²) in [6.07, 6.45) is 0. The van der Waals surface area contributed by atoms with Gasteiger partial charge in [-0.05, 0) is 35.4 Å². The Hall–Kier alpha value is -3.56. The van der Waals surface area contributed by atoms with Crippen LogP contribution in [0.3, 0.4) is 0 Å². The van der Waals surface area contributed by atoms with Gasteiger partial charge in [0.1, 0.15) is 17.7 Å². The van der Waals surface area contributed by atoms with Crippen LogP contribution in [0.1, 0.15) is 21.8 Å². The fourth-order valence-corrected chi connectivity index (χ4v) is 4.14. The molecule has 1 aliphatic rings. The molecule has 1 amide bonds. The van der Waals surface area contributed by atoms with E-state index in [0.29, 0.717) is 16.7 Å². The van der Waals surface area contributed by atoms with Crippen LogP contribution in [0.15, 0.2) is 72.8 Å². The Balaban J connectivity index is 1.74. The maximum absolute atomic E-state index is 14.4. The summed E-state index contributed by atoms with van der Waals surface area (Å²) in [5, 5.41) is 19.8. The molecule has 3 atom stereocenters. The highest BCUT2D eigenvalue weighted by Crippen LogP contribution is 2.45. The minimum absolute atomic E-state index is 0.106. The zero-order valence-electron chi connectivity index (χ0n) is 15.9. The molecule has 4 rings (SSSR count). The van der Waals surface area contributed by atoms with Gasteiger partial charge in [0.25, 0.3) is 5.91 Å². The molecule has 0 aliphatic carbocycles. The third kappa shape index (κ3) is 3.23. The van der Waals surface area contributed by atoms with Crippen LogP contribution in [0.25, 0.3) is 11.1 Å². The van der Waals surface area contributed by atoms with Crippen LogP contribution in [-0.2, 0) is 0 Å². The Kier molecular flexibility index (Phi) is 5.30. The van der Waals surface area contributed by atoms with E-state index in [1.54, 1.807) is 42.5 Å². The number of nitrogens with zero attached hydrogens (tertiary/aromatic N) is 2. The Morgan fingerprint density at radius 1 is 1.00 bits per heavy atom. The number of nitriles is 1. The summed E-state index contributed by atoms with van der Waals surface area (Å²) in [7, 11) is 0. The lowest BCUT2D eigenvalue weighted by atomic mass is 9.73. The maximum Gasteiger partial charge on any atom is 0.255 e. The topological polar surface area (TPSA) is 64.3 Å². The Morgan fingerprint density at radius 2 is 1.70 bits per heavy atom. The molecule has 150 valence electrons. The van der Waals surface area contributed by atoms with E-state index >= 15 is 0 Å². The van der Waals surface area contributed by atoms with Crippen LogP contribution in [0.4, 0.5) is 8.78 Å². The average Bonchev–Trinajstić information content (AvgIpc) is 2.74. The van der Waals surface area contributed by atoms with E-state index in [1.165, 1.54) is 29.2 Å². The molecular formula is C24H18F2N2O2. The minimum Gasteiger partial charge on any atom is -0.394 e. The molecule has 0 aromatic heterocycles. The molecule has 4 nitrogen and oxygen atoms in total. The number of hydrogen-bond donors (Lipinski definition) is 1. The van der Waals surface area contributed by atoms with Crippen molar-refractivity contribution in [2.75, 3.05) is 6.61 Å². The number of carbonyl (C=O) groups is 1. The van der Waals surface area contributed by atoms with Crippen LogP contribution in [0, 0.1) is 23.0 Å². The number of amides is 1. The quantitative estimate of drug-likeness (QED) is 0.711. The summed E-state index contributed by atoms with van der Waals surface area (Å²) >= 11 is 0. The third-order valence-corrected chi connectivity index (χ3v) is 5.52. The van der Waals surface area contributed by atoms with E-state index in [1.807, 2.05) is 0 Å². The largest absolute Gasteiger partial charge is 0.394 e. The van der Waals surface area contributed by atoms with Crippen molar-refractivity contribution in [3.05, 3.63) is 95.6 Å². The summed E-state index contributed by atoms with van der Waals surface area (Å²) in [5.74, 6) is -1.99. The van der Waals surface area contributed by atoms with Gasteiger partial charge in [-0.3, -0.25) is 4.79 Å². The molecule has 0 saturated carbocycles. The van der Waals surface area contributed by atoms with E-state index in [-0.39, 0.29) is 12.2 Å². The molecule has 1 fully saturated rings. The van der Waals surface area contributed by atoms with Gasteiger partial charge in [-0.25, -0.2) is 8.78 Å². The molecule has 1 N–H and O–H groups in total. The first kappa shape index (κ1) is 19.7. The van der Waals surface area contributed by atoms with Gasteiger partial charge in [-0.1, -0.05) is 48.5 Å². The first-order valence-corrected chi connectivity index (χ1v) is 9.49. The van der Waals surface area contributed by atoms with Gasteiger partial charge in [-0.15, -0.1) is 0 Å². The Morgan fingerprint density at radius 3 is 2.37 bits per heavy atom. The molecule has 0 bridgehead atoms. The SMILES string of the molecule is N#C[C@@H]1[C@H](c2ccccc2-c2ccccc2F)[C@@H](CO)N1C(=O)c1cccc(F)c1. The minimum atomic E-state index is -0.870. The second kappa shape index (κ2) is 8.05. The summed E-state index contributed by atoms with van der Waals surface area (Å²) in [4.78, 5) is 14.2. The zero-order chi connectivity index (χ0) is 21.3. The smallest absolute Gasteiger partial charge is 0.255 e. The zero-order valence-corrected chi connectivity index (χ0v) is 15.9. The van der Waals surface area contributed by atoms with E-state index < -0.39 is 35.5 Å². The average molecular weight is 404 g/mol. The lowest BCUT2D eigenvalue weighted by molar-refractivity contribution is -0.00574. The number of benzene rings is 3. The molecule has 3 aromatic carbocycles. The van der Waals surface area contributed by atoms with Gasteiger partial charge >= 0.3 is 0 Å². The van der Waals surface area contributed by atoms with Crippen molar-refractivity contribution in [3.63, 3.8) is 0 Å². The number of halogens is 2. The van der Waals surface area contributed by atoms with E-state index in [2.05, 4.69) is 6.07 Å². The van der Waals surface area contributed by atoms with Gasteiger partial charge < -0.3 is 10.0 Å². The van der Waals surface area contributed by atoms with Crippen LogP contribution < -0.4 is 0 Å². The lowest BCUT2D eigenvalue weighted by Crippen LogP contribution is -2.65.